The first-order valence-corrected chi connectivity index (χ1v) is 11.1. The van der Waals surface area contributed by atoms with Gasteiger partial charge in [0, 0.05) is 28.8 Å². The summed E-state index contributed by atoms with van der Waals surface area (Å²) in [6.07, 6.45) is 3.71. The number of hydrogen-bond donors (Lipinski definition) is 1. The SMILES string of the molecule is Fc1ccc(N2C(=S)NC(c3ccccn3)C2c2cccn2-c2ccc(Cl)cc2Cl)cc1. The fourth-order valence-electron chi connectivity index (χ4n) is 4.07. The van der Waals surface area contributed by atoms with E-state index in [-0.39, 0.29) is 17.9 Å². The summed E-state index contributed by atoms with van der Waals surface area (Å²) in [4.78, 5) is 6.56. The van der Waals surface area contributed by atoms with Gasteiger partial charge in [-0.3, -0.25) is 4.98 Å². The number of benzene rings is 2. The van der Waals surface area contributed by atoms with E-state index in [1.165, 1.54) is 12.1 Å². The molecule has 2 aromatic carbocycles. The molecule has 160 valence electrons. The molecule has 0 radical (unpaired) electrons. The first-order valence-electron chi connectivity index (χ1n) is 9.92. The molecule has 4 nitrogen and oxygen atoms in total. The topological polar surface area (TPSA) is 33.1 Å². The minimum Gasteiger partial charge on any atom is -0.351 e. The predicted molar refractivity (Wildman–Crippen MR) is 130 cm³/mol. The second kappa shape index (κ2) is 8.54. The first-order chi connectivity index (χ1) is 15.5. The van der Waals surface area contributed by atoms with E-state index in [1.807, 2.05) is 52.1 Å². The van der Waals surface area contributed by atoms with E-state index in [4.69, 9.17) is 35.4 Å². The van der Waals surface area contributed by atoms with Gasteiger partial charge < -0.3 is 14.8 Å². The van der Waals surface area contributed by atoms with Crippen molar-refractivity contribution in [2.75, 3.05) is 4.90 Å². The number of aromatic nitrogens is 2. The number of rotatable bonds is 4. The molecule has 1 aliphatic rings. The highest BCUT2D eigenvalue weighted by Gasteiger charge is 2.42. The number of nitrogens with zero attached hydrogens (tertiary/aromatic N) is 3. The Balaban J connectivity index is 1.68. The van der Waals surface area contributed by atoms with Crippen molar-refractivity contribution in [3.05, 3.63) is 112 Å². The highest BCUT2D eigenvalue weighted by Crippen LogP contribution is 2.42. The van der Waals surface area contributed by atoms with Gasteiger partial charge in [-0.2, -0.15) is 0 Å². The number of hydrogen-bond acceptors (Lipinski definition) is 2. The van der Waals surface area contributed by atoms with Crippen LogP contribution in [0.2, 0.25) is 10.0 Å². The lowest BCUT2D eigenvalue weighted by Gasteiger charge is -2.29. The average molecular weight is 483 g/mol. The molecule has 5 rings (SSSR count). The molecule has 2 atom stereocenters. The second-order valence-corrected chi connectivity index (χ2v) is 8.60. The molecule has 0 amide bonds. The van der Waals surface area contributed by atoms with Gasteiger partial charge in [-0.05, 0) is 78.9 Å². The largest absolute Gasteiger partial charge is 0.351 e. The maximum absolute atomic E-state index is 13.6. The molecule has 0 aliphatic carbocycles. The molecule has 2 aromatic heterocycles. The third-order valence-electron chi connectivity index (χ3n) is 5.46. The molecule has 1 fully saturated rings. The lowest BCUT2D eigenvalue weighted by Crippen LogP contribution is -2.30. The summed E-state index contributed by atoms with van der Waals surface area (Å²) in [7, 11) is 0. The van der Waals surface area contributed by atoms with Crippen LogP contribution in [0.15, 0.2) is 85.2 Å². The number of thiocarbonyl (C=S) groups is 1. The molecule has 4 aromatic rings. The van der Waals surface area contributed by atoms with Crippen LogP contribution in [0.4, 0.5) is 10.1 Å². The van der Waals surface area contributed by atoms with Gasteiger partial charge in [0.05, 0.1) is 22.4 Å². The van der Waals surface area contributed by atoms with Crippen molar-refractivity contribution < 1.29 is 4.39 Å². The lowest BCUT2D eigenvalue weighted by molar-refractivity contribution is 0.549. The molecule has 1 saturated heterocycles. The number of anilines is 1. The third-order valence-corrected chi connectivity index (χ3v) is 6.31. The summed E-state index contributed by atoms with van der Waals surface area (Å²) >= 11 is 18.4. The van der Waals surface area contributed by atoms with Crippen LogP contribution in [0.3, 0.4) is 0 Å². The van der Waals surface area contributed by atoms with Crippen LogP contribution in [-0.2, 0) is 0 Å². The molecule has 1 N–H and O–H groups in total. The Labute approximate surface area is 200 Å². The molecule has 8 heteroatoms. The first kappa shape index (κ1) is 20.9. The van der Waals surface area contributed by atoms with Gasteiger partial charge in [0.25, 0.3) is 0 Å². The maximum atomic E-state index is 13.6. The monoisotopic (exact) mass is 482 g/mol. The highest BCUT2D eigenvalue weighted by molar-refractivity contribution is 7.80. The van der Waals surface area contributed by atoms with Crippen LogP contribution in [0.5, 0.6) is 0 Å². The number of halogens is 3. The molecule has 2 unspecified atom stereocenters. The van der Waals surface area contributed by atoms with E-state index >= 15 is 0 Å². The van der Waals surface area contributed by atoms with Crippen LogP contribution in [-0.4, -0.2) is 14.7 Å². The molecule has 0 spiro atoms. The number of nitrogens with one attached hydrogen (secondary N) is 1. The van der Waals surface area contributed by atoms with Crippen LogP contribution in [0.25, 0.3) is 5.69 Å². The van der Waals surface area contributed by atoms with Crippen molar-refractivity contribution in [3.8, 4) is 5.69 Å². The van der Waals surface area contributed by atoms with E-state index in [0.29, 0.717) is 15.2 Å². The van der Waals surface area contributed by atoms with Crippen molar-refractivity contribution in [3.63, 3.8) is 0 Å². The van der Waals surface area contributed by atoms with Crippen LogP contribution >= 0.6 is 35.4 Å². The van der Waals surface area contributed by atoms with Crippen LogP contribution in [0.1, 0.15) is 23.5 Å². The Hall–Kier alpha value is -2.93. The number of pyridine rings is 1. The van der Waals surface area contributed by atoms with Crippen molar-refractivity contribution in [2.45, 2.75) is 12.1 Å². The smallest absolute Gasteiger partial charge is 0.174 e. The van der Waals surface area contributed by atoms with Crippen LogP contribution < -0.4 is 10.2 Å². The maximum Gasteiger partial charge on any atom is 0.174 e. The van der Waals surface area contributed by atoms with Gasteiger partial charge >= 0.3 is 0 Å². The van der Waals surface area contributed by atoms with E-state index < -0.39 is 0 Å². The Morgan fingerprint density at radius 2 is 1.78 bits per heavy atom. The van der Waals surface area contributed by atoms with E-state index in [0.717, 1.165) is 22.8 Å². The molecule has 32 heavy (non-hydrogen) atoms. The molecule has 1 aliphatic heterocycles. The molecule has 0 saturated carbocycles. The van der Waals surface area contributed by atoms with Crippen molar-refractivity contribution >= 4 is 46.2 Å². The van der Waals surface area contributed by atoms with Crippen molar-refractivity contribution in [2.24, 2.45) is 0 Å². The Morgan fingerprint density at radius 1 is 0.969 bits per heavy atom. The van der Waals surface area contributed by atoms with Crippen molar-refractivity contribution in [1.29, 1.82) is 0 Å². The fraction of sp³-hybridized carbons (Fsp3) is 0.0833. The lowest BCUT2D eigenvalue weighted by atomic mass is 10.0. The van der Waals surface area contributed by atoms with Gasteiger partial charge in [-0.15, -0.1) is 0 Å². The summed E-state index contributed by atoms with van der Waals surface area (Å²) in [6.45, 7) is 0. The molecular formula is C24H17Cl2FN4S. The quantitative estimate of drug-likeness (QED) is 0.336. The molecule has 0 bridgehead atoms. The van der Waals surface area contributed by atoms with E-state index in [9.17, 15) is 4.39 Å². The van der Waals surface area contributed by atoms with Crippen molar-refractivity contribution in [1.82, 2.24) is 14.9 Å². The summed E-state index contributed by atoms with van der Waals surface area (Å²) in [5, 5.41) is 5.04. The predicted octanol–water partition coefficient (Wildman–Crippen LogP) is 6.50. The highest BCUT2D eigenvalue weighted by atomic mass is 35.5. The van der Waals surface area contributed by atoms with Crippen LogP contribution in [0, 0.1) is 5.82 Å². The third kappa shape index (κ3) is 3.75. The van der Waals surface area contributed by atoms with E-state index in [1.54, 1.807) is 30.5 Å². The normalized spacial score (nSPS) is 18.1. The molecular weight excluding hydrogens is 466 g/mol. The minimum atomic E-state index is -0.305. The fourth-order valence-corrected chi connectivity index (χ4v) is 4.91. The zero-order chi connectivity index (χ0) is 22.2. The van der Waals surface area contributed by atoms with Gasteiger partial charge in [-0.25, -0.2) is 4.39 Å². The minimum absolute atomic E-state index is 0.228. The molecule has 3 heterocycles. The Kier molecular flexibility index (Phi) is 5.59. The summed E-state index contributed by atoms with van der Waals surface area (Å²) < 4.78 is 15.7. The summed E-state index contributed by atoms with van der Waals surface area (Å²) in [5.74, 6) is -0.305. The van der Waals surface area contributed by atoms with Gasteiger partial charge in [0.15, 0.2) is 5.11 Å². The standard InChI is InChI=1S/C24H17Cl2FN4S/c25-15-6-11-20(18(26)14-15)30-13-3-5-21(30)23-22(19-4-1-2-12-28-19)29-24(32)31(23)17-9-7-16(27)8-10-17/h1-14,22-23H,(H,29,32). The van der Waals surface area contributed by atoms with Gasteiger partial charge in [0.2, 0.25) is 0 Å². The average Bonchev–Trinajstić information content (AvgIpc) is 3.39. The summed E-state index contributed by atoms with van der Waals surface area (Å²) in [6, 6.07) is 21.0. The van der Waals surface area contributed by atoms with E-state index in [2.05, 4.69) is 10.3 Å². The second-order valence-electron chi connectivity index (χ2n) is 7.37. The van der Waals surface area contributed by atoms with Gasteiger partial charge in [0.1, 0.15) is 11.9 Å². The summed E-state index contributed by atoms with van der Waals surface area (Å²) in [5.41, 5.74) is 3.37. The zero-order valence-corrected chi connectivity index (χ0v) is 18.9. The Morgan fingerprint density at radius 3 is 2.50 bits per heavy atom. The Bertz CT molecular complexity index is 1280. The van der Waals surface area contributed by atoms with Gasteiger partial charge in [-0.1, -0.05) is 29.3 Å². The zero-order valence-electron chi connectivity index (χ0n) is 16.6.